The molecule has 0 bridgehead atoms. The van der Waals surface area contributed by atoms with Gasteiger partial charge in [-0.3, -0.25) is 4.79 Å². The van der Waals surface area contributed by atoms with Crippen molar-refractivity contribution in [3.63, 3.8) is 0 Å². The maximum atomic E-state index is 11.3. The van der Waals surface area contributed by atoms with Gasteiger partial charge in [0.1, 0.15) is 0 Å². The number of aromatic amines is 1. The molecule has 0 unspecified atom stereocenters. The van der Waals surface area contributed by atoms with Gasteiger partial charge in [0.25, 0.3) is 5.91 Å². The average molecular weight is 211 g/mol. The number of hydrogen-bond donors (Lipinski definition) is 2. The Hall–Kier alpha value is -2.36. The van der Waals surface area contributed by atoms with Crippen molar-refractivity contribution in [3.05, 3.63) is 41.6 Å². The molecule has 1 aromatic heterocycles. The van der Waals surface area contributed by atoms with Crippen LogP contribution in [-0.4, -0.2) is 17.1 Å². The van der Waals surface area contributed by atoms with E-state index in [-0.39, 0.29) is 5.91 Å². The number of para-hydroxylation sites is 1. The molecule has 0 fully saturated rings. The summed E-state index contributed by atoms with van der Waals surface area (Å²) in [4.78, 5) is 14.5. The van der Waals surface area contributed by atoms with E-state index in [4.69, 9.17) is 0 Å². The lowest BCUT2D eigenvalue weighted by Gasteiger charge is -1.89. The second-order valence-electron chi connectivity index (χ2n) is 3.61. The molecule has 1 amide bonds. The van der Waals surface area contributed by atoms with Crippen LogP contribution in [0.1, 0.15) is 5.69 Å². The van der Waals surface area contributed by atoms with E-state index in [9.17, 15) is 4.79 Å². The number of fused-ring (bicyclic) bond motifs is 1. The van der Waals surface area contributed by atoms with Crippen molar-refractivity contribution in [2.24, 2.45) is 5.10 Å². The molecule has 0 radical (unpaired) electrons. The number of rotatable bonds is 1. The van der Waals surface area contributed by atoms with Gasteiger partial charge in [0.2, 0.25) is 0 Å². The van der Waals surface area contributed by atoms with Crippen molar-refractivity contribution in [1.82, 2.24) is 10.4 Å². The van der Waals surface area contributed by atoms with Gasteiger partial charge in [-0.15, -0.1) is 0 Å². The minimum atomic E-state index is -0.168. The SMILES string of the molecule is O=C1NN=CC1=Cc1cc2ccccc2[nH]1. The molecule has 1 aliphatic heterocycles. The smallest absolute Gasteiger partial charge is 0.273 e. The summed E-state index contributed by atoms with van der Waals surface area (Å²) in [6.07, 6.45) is 3.31. The molecule has 2 aromatic rings. The Morgan fingerprint density at radius 2 is 2.12 bits per heavy atom. The molecular weight excluding hydrogens is 202 g/mol. The quantitative estimate of drug-likeness (QED) is 0.692. The number of hydrogen-bond acceptors (Lipinski definition) is 2. The van der Waals surface area contributed by atoms with Crippen LogP contribution < -0.4 is 5.43 Å². The summed E-state index contributed by atoms with van der Waals surface area (Å²) in [5.74, 6) is -0.168. The monoisotopic (exact) mass is 211 g/mol. The molecule has 1 aromatic carbocycles. The first kappa shape index (κ1) is 8.91. The first-order valence-corrected chi connectivity index (χ1v) is 4.96. The van der Waals surface area contributed by atoms with Crippen molar-refractivity contribution in [2.45, 2.75) is 0 Å². The van der Waals surface area contributed by atoms with Crippen LogP contribution in [0, 0.1) is 0 Å². The van der Waals surface area contributed by atoms with Gasteiger partial charge in [-0.2, -0.15) is 5.10 Å². The standard InChI is InChI=1S/C12H9N3O/c16-12-9(7-13-15-12)6-10-5-8-3-1-2-4-11(8)14-10/h1-7,14H,(H,15,16). The lowest BCUT2D eigenvalue weighted by atomic mass is 10.2. The molecule has 2 N–H and O–H groups in total. The molecule has 1 aliphatic rings. The summed E-state index contributed by atoms with van der Waals surface area (Å²) in [5, 5.41) is 4.82. The molecule has 78 valence electrons. The van der Waals surface area contributed by atoms with Crippen LogP contribution >= 0.6 is 0 Å². The number of benzene rings is 1. The van der Waals surface area contributed by atoms with E-state index >= 15 is 0 Å². The molecule has 16 heavy (non-hydrogen) atoms. The Kier molecular flexibility index (Phi) is 1.86. The highest BCUT2D eigenvalue weighted by molar-refractivity contribution is 6.18. The zero-order valence-electron chi connectivity index (χ0n) is 8.40. The van der Waals surface area contributed by atoms with Crippen molar-refractivity contribution in [1.29, 1.82) is 0 Å². The molecule has 3 rings (SSSR count). The molecule has 4 nitrogen and oxygen atoms in total. The Morgan fingerprint density at radius 1 is 1.25 bits per heavy atom. The first-order valence-electron chi connectivity index (χ1n) is 4.96. The maximum absolute atomic E-state index is 11.3. The number of carbonyl (C=O) groups is 1. The molecule has 0 atom stereocenters. The van der Waals surface area contributed by atoms with Crippen molar-refractivity contribution >= 4 is 29.1 Å². The Bertz CT molecular complexity index is 589. The van der Waals surface area contributed by atoms with Crippen LogP contribution in [0.4, 0.5) is 0 Å². The highest BCUT2D eigenvalue weighted by Crippen LogP contribution is 2.16. The number of nitrogens with zero attached hydrogens (tertiary/aromatic N) is 1. The summed E-state index contributed by atoms with van der Waals surface area (Å²) in [7, 11) is 0. The van der Waals surface area contributed by atoms with E-state index in [0.29, 0.717) is 5.57 Å². The van der Waals surface area contributed by atoms with Gasteiger partial charge in [0, 0.05) is 11.2 Å². The maximum Gasteiger partial charge on any atom is 0.273 e. The summed E-state index contributed by atoms with van der Waals surface area (Å²) in [6.45, 7) is 0. The van der Waals surface area contributed by atoms with Crippen LogP contribution in [-0.2, 0) is 4.79 Å². The van der Waals surface area contributed by atoms with E-state index in [2.05, 4.69) is 15.5 Å². The van der Waals surface area contributed by atoms with E-state index in [1.165, 1.54) is 6.21 Å². The zero-order chi connectivity index (χ0) is 11.0. The molecule has 0 aliphatic carbocycles. The first-order chi connectivity index (χ1) is 7.83. The lowest BCUT2D eigenvalue weighted by Crippen LogP contribution is -2.11. The third kappa shape index (κ3) is 1.40. The Labute approximate surface area is 91.7 Å². The van der Waals surface area contributed by atoms with Crippen molar-refractivity contribution < 1.29 is 4.79 Å². The second-order valence-corrected chi connectivity index (χ2v) is 3.61. The fraction of sp³-hybridized carbons (Fsp3) is 0. The van der Waals surface area contributed by atoms with Crippen LogP contribution in [0.2, 0.25) is 0 Å². The number of nitrogens with one attached hydrogen (secondary N) is 2. The molecular formula is C12H9N3O. The largest absolute Gasteiger partial charge is 0.355 e. The molecule has 0 spiro atoms. The van der Waals surface area contributed by atoms with Gasteiger partial charge in [0.05, 0.1) is 11.8 Å². The number of amides is 1. The van der Waals surface area contributed by atoms with Crippen molar-refractivity contribution in [2.75, 3.05) is 0 Å². The average Bonchev–Trinajstić information content (AvgIpc) is 2.85. The zero-order valence-corrected chi connectivity index (χ0v) is 8.40. The van der Waals surface area contributed by atoms with Gasteiger partial charge in [0.15, 0.2) is 0 Å². The van der Waals surface area contributed by atoms with E-state index in [0.717, 1.165) is 16.6 Å². The molecule has 2 heterocycles. The Morgan fingerprint density at radius 3 is 2.88 bits per heavy atom. The highest BCUT2D eigenvalue weighted by Gasteiger charge is 2.11. The third-order valence-electron chi connectivity index (χ3n) is 2.49. The summed E-state index contributed by atoms with van der Waals surface area (Å²) in [6, 6.07) is 9.98. The topological polar surface area (TPSA) is 57.2 Å². The third-order valence-corrected chi connectivity index (χ3v) is 2.49. The minimum Gasteiger partial charge on any atom is -0.355 e. The van der Waals surface area contributed by atoms with Crippen molar-refractivity contribution in [3.8, 4) is 0 Å². The lowest BCUT2D eigenvalue weighted by molar-refractivity contribution is -0.116. The number of H-pyrrole nitrogens is 1. The van der Waals surface area contributed by atoms with Gasteiger partial charge >= 0.3 is 0 Å². The number of carbonyl (C=O) groups excluding carboxylic acids is 1. The van der Waals surface area contributed by atoms with Gasteiger partial charge in [-0.1, -0.05) is 18.2 Å². The predicted molar refractivity (Wildman–Crippen MR) is 62.9 cm³/mol. The van der Waals surface area contributed by atoms with E-state index < -0.39 is 0 Å². The summed E-state index contributed by atoms with van der Waals surface area (Å²) in [5.41, 5.74) is 4.90. The van der Waals surface area contributed by atoms with Crippen LogP contribution in [0.25, 0.3) is 17.0 Å². The van der Waals surface area contributed by atoms with Crippen LogP contribution in [0.3, 0.4) is 0 Å². The normalized spacial score (nSPS) is 17.2. The highest BCUT2D eigenvalue weighted by atomic mass is 16.2. The second kappa shape index (κ2) is 3.34. The van der Waals surface area contributed by atoms with E-state index in [1.807, 2.05) is 30.3 Å². The summed E-state index contributed by atoms with van der Waals surface area (Å²) >= 11 is 0. The molecule has 0 saturated carbocycles. The summed E-state index contributed by atoms with van der Waals surface area (Å²) < 4.78 is 0. The van der Waals surface area contributed by atoms with Gasteiger partial charge in [-0.25, -0.2) is 5.43 Å². The Balaban J connectivity index is 2.07. The fourth-order valence-electron chi connectivity index (χ4n) is 1.73. The number of aromatic nitrogens is 1. The van der Waals surface area contributed by atoms with Crippen LogP contribution in [0.5, 0.6) is 0 Å². The molecule has 4 heteroatoms. The van der Waals surface area contributed by atoms with Crippen LogP contribution in [0.15, 0.2) is 41.0 Å². The van der Waals surface area contributed by atoms with E-state index in [1.54, 1.807) is 6.08 Å². The minimum absolute atomic E-state index is 0.168. The predicted octanol–water partition coefficient (Wildman–Crippen LogP) is 1.67. The molecule has 0 saturated heterocycles. The van der Waals surface area contributed by atoms with Gasteiger partial charge < -0.3 is 4.98 Å². The fourth-order valence-corrected chi connectivity index (χ4v) is 1.73. The number of hydrazone groups is 1. The van der Waals surface area contributed by atoms with Gasteiger partial charge in [-0.05, 0) is 23.6 Å².